The molecule has 1 aliphatic rings. The van der Waals surface area contributed by atoms with Gasteiger partial charge in [-0.1, -0.05) is 195 Å². The molecule has 10 nitrogen and oxygen atoms in total. The zero-order valence-electron chi connectivity index (χ0n) is 33.3. The topological polar surface area (TPSA) is 126 Å². The van der Waals surface area contributed by atoms with Gasteiger partial charge in [-0.2, -0.15) is 8.42 Å². The van der Waals surface area contributed by atoms with Crippen molar-refractivity contribution in [3.8, 4) is 0 Å². The van der Waals surface area contributed by atoms with Crippen molar-refractivity contribution in [2.75, 3.05) is 12.9 Å². The van der Waals surface area contributed by atoms with Gasteiger partial charge in [0.15, 0.2) is 6.23 Å². The molecule has 0 radical (unpaired) electrons. The standard InChI is InChI=1S/C50H44N2O8S/c1-3-36-34-52(48(54)51-46(36)53)47-45(59-50(40-28-16-7-17-29-40,41-30-18-8-19-31-41)42-32-20-9-21-33-42)44(60-61(2,55)56)43(58-47)35-57-49(37-22-10-4-11-23-37,38-24-12-5-13-25-38)39-26-14-6-15-27-39/h3-34,43-45,47H,1,35H2,2H3,(H,51,53,54)/t43-,44-,45-,47-/m1/s1. The summed E-state index contributed by atoms with van der Waals surface area (Å²) in [6, 6.07) is 57.7. The summed E-state index contributed by atoms with van der Waals surface area (Å²) in [5, 5.41) is 0. The van der Waals surface area contributed by atoms with E-state index in [1.807, 2.05) is 182 Å². The van der Waals surface area contributed by atoms with Gasteiger partial charge in [-0.05, 0) is 33.4 Å². The van der Waals surface area contributed by atoms with E-state index in [1.165, 1.54) is 16.8 Å². The Kier molecular flexibility index (Phi) is 11.9. The Morgan fingerprint density at radius 3 is 1.36 bits per heavy atom. The Bertz CT molecular complexity index is 2590. The Hall–Kier alpha value is -6.47. The van der Waals surface area contributed by atoms with E-state index in [9.17, 15) is 18.0 Å². The van der Waals surface area contributed by atoms with Gasteiger partial charge in [-0.25, -0.2) is 4.79 Å². The second-order valence-electron chi connectivity index (χ2n) is 14.7. The van der Waals surface area contributed by atoms with E-state index in [0.717, 1.165) is 22.9 Å². The normalized spacial score (nSPS) is 18.1. The third kappa shape index (κ3) is 8.22. The molecule has 0 spiro atoms. The SMILES string of the molecule is C=Cc1cn([C@@H]2O[C@H](COC(c3ccccc3)(c3ccccc3)c3ccccc3)[C@@H](OS(C)(=O)=O)[C@H]2OC(c2ccccc2)(c2ccccc2)c2ccccc2)c(=O)[nH]c1=O. The molecular weight excluding hydrogens is 789 g/mol. The number of aromatic amines is 1. The van der Waals surface area contributed by atoms with Crippen LogP contribution in [0.4, 0.5) is 0 Å². The van der Waals surface area contributed by atoms with Gasteiger partial charge >= 0.3 is 5.69 Å². The first-order valence-corrected chi connectivity index (χ1v) is 21.6. The number of nitrogens with one attached hydrogen (secondary N) is 1. The van der Waals surface area contributed by atoms with Gasteiger partial charge in [-0.3, -0.25) is 18.5 Å². The molecule has 4 atom stereocenters. The van der Waals surface area contributed by atoms with Gasteiger partial charge in [0, 0.05) is 6.20 Å². The second kappa shape index (κ2) is 17.6. The number of hydrogen-bond donors (Lipinski definition) is 1. The summed E-state index contributed by atoms with van der Waals surface area (Å²) < 4.78 is 55.8. The van der Waals surface area contributed by atoms with E-state index in [1.54, 1.807) is 0 Å². The molecule has 0 unspecified atom stereocenters. The van der Waals surface area contributed by atoms with Gasteiger partial charge in [-0.15, -0.1) is 0 Å². The number of hydrogen-bond acceptors (Lipinski definition) is 8. The molecule has 0 bridgehead atoms. The molecule has 1 N–H and O–H groups in total. The van der Waals surface area contributed by atoms with Crippen LogP contribution in [0.1, 0.15) is 45.2 Å². The Balaban J connectivity index is 1.35. The van der Waals surface area contributed by atoms with Crippen molar-refractivity contribution in [2.45, 2.75) is 35.7 Å². The minimum Gasteiger partial charge on any atom is -0.358 e. The summed E-state index contributed by atoms with van der Waals surface area (Å²) in [7, 11) is -4.25. The Morgan fingerprint density at radius 2 is 1.00 bits per heavy atom. The molecule has 308 valence electrons. The number of rotatable bonds is 15. The van der Waals surface area contributed by atoms with Gasteiger partial charge < -0.3 is 14.2 Å². The fourth-order valence-corrected chi connectivity index (χ4v) is 8.88. The second-order valence-corrected chi connectivity index (χ2v) is 16.3. The molecule has 1 aliphatic heterocycles. The van der Waals surface area contributed by atoms with Crippen molar-refractivity contribution in [1.82, 2.24) is 9.55 Å². The van der Waals surface area contributed by atoms with Crippen molar-refractivity contribution >= 4 is 16.2 Å². The van der Waals surface area contributed by atoms with Crippen LogP contribution in [0.2, 0.25) is 0 Å². The average Bonchev–Trinajstić information content (AvgIpc) is 3.61. The molecular formula is C50H44N2O8S. The fourth-order valence-electron chi connectivity index (χ4n) is 8.25. The van der Waals surface area contributed by atoms with E-state index < -0.39 is 57.1 Å². The van der Waals surface area contributed by atoms with Crippen molar-refractivity contribution in [3.63, 3.8) is 0 Å². The quantitative estimate of drug-likeness (QED) is 0.0820. The van der Waals surface area contributed by atoms with Crippen LogP contribution in [-0.2, 0) is 39.7 Å². The lowest BCUT2D eigenvalue weighted by atomic mass is 9.79. The maximum Gasteiger partial charge on any atom is 0.330 e. The van der Waals surface area contributed by atoms with Crippen LogP contribution in [0.15, 0.2) is 204 Å². The highest BCUT2D eigenvalue weighted by atomic mass is 32.2. The van der Waals surface area contributed by atoms with Crippen LogP contribution in [0, 0.1) is 0 Å². The molecule has 2 heterocycles. The molecule has 1 saturated heterocycles. The molecule has 8 rings (SSSR count). The van der Waals surface area contributed by atoms with E-state index in [-0.39, 0.29) is 12.2 Å². The highest BCUT2D eigenvalue weighted by Crippen LogP contribution is 2.47. The molecule has 1 fully saturated rings. The molecule has 0 amide bonds. The van der Waals surface area contributed by atoms with Crippen LogP contribution < -0.4 is 11.2 Å². The zero-order valence-corrected chi connectivity index (χ0v) is 34.1. The minimum absolute atomic E-state index is 0.0823. The van der Waals surface area contributed by atoms with E-state index in [0.29, 0.717) is 16.7 Å². The largest absolute Gasteiger partial charge is 0.358 e. The monoisotopic (exact) mass is 832 g/mol. The van der Waals surface area contributed by atoms with Crippen LogP contribution in [-0.4, -0.2) is 49.1 Å². The first-order valence-electron chi connectivity index (χ1n) is 19.8. The minimum atomic E-state index is -4.25. The van der Waals surface area contributed by atoms with Crippen molar-refractivity contribution in [2.24, 2.45) is 0 Å². The lowest BCUT2D eigenvalue weighted by Crippen LogP contribution is -2.47. The lowest BCUT2D eigenvalue weighted by molar-refractivity contribution is -0.123. The summed E-state index contributed by atoms with van der Waals surface area (Å²) in [6.45, 7) is 3.52. The predicted octanol–water partition coefficient (Wildman–Crippen LogP) is 7.81. The highest BCUT2D eigenvalue weighted by Gasteiger charge is 2.55. The number of H-pyrrole nitrogens is 1. The molecule has 7 aromatic rings. The average molecular weight is 833 g/mol. The smallest absolute Gasteiger partial charge is 0.330 e. The number of aromatic nitrogens is 2. The summed E-state index contributed by atoms with van der Waals surface area (Å²) >= 11 is 0. The summed E-state index contributed by atoms with van der Waals surface area (Å²) in [4.78, 5) is 29.2. The Labute approximate surface area is 354 Å². The molecule has 11 heteroatoms. The van der Waals surface area contributed by atoms with Crippen molar-refractivity contribution < 1.29 is 26.8 Å². The lowest BCUT2D eigenvalue weighted by Gasteiger charge is -2.40. The van der Waals surface area contributed by atoms with Crippen molar-refractivity contribution in [1.29, 1.82) is 0 Å². The van der Waals surface area contributed by atoms with Gasteiger partial charge in [0.05, 0.1) is 18.4 Å². The van der Waals surface area contributed by atoms with E-state index >= 15 is 0 Å². The van der Waals surface area contributed by atoms with Gasteiger partial charge in [0.1, 0.15) is 29.5 Å². The first kappa shape index (κ1) is 41.3. The van der Waals surface area contributed by atoms with E-state index in [4.69, 9.17) is 18.4 Å². The number of ether oxygens (including phenoxy) is 3. The van der Waals surface area contributed by atoms with Gasteiger partial charge in [0.25, 0.3) is 15.7 Å². The zero-order chi connectivity index (χ0) is 42.5. The maximum atomic E-state index is 13.9. The molecule has 61 heavy (non-hydrogen) atoms. The first-order chi connectivity index (χ1) is 29.6. The van der Waals surface area contributed by atoms with Crippen LogP contribution in [0.3, 0.4) is 0 Å². The van der Waals surface area contributed by atoms with Crippen molar-refractivity contribution in [3.05, 3.63) is 255 Å². The number of nitrogens with zero attached hydrogens (tertiary/aromatic N) is 1. The van der Waals surface area contributed by atoms with Crippen LogP contribution in [0.5, 0.6) is 0 Å². The summed E-state index contributed by atoms with van der Waals surface area (Å²) in [5.74, 6) is 0. The molecule has 0 aliphatic carbocycles. The third-order valence-electron chi connectivity index (χ3n) is 10.9. The van der Waals surface area contributed by atoms with Gasteiger partial charge in [0.2, 0.25) is 0 Å². The predicted molar refractivity (Wildman–Crippen MR) is 234 cm³/mol. The maximum absolute atomic E-state index is 13.9. The van der Waals surface area contributed by atoms with Crippen LogP contribution in [0.25, 0.3) is 6.08 Å². The van der Waals surface area contributed by atoms with Crippen LogP contribution >= 0.6 is 0 Å². The fraction of sp³-hybridized carbons (Fsp3) is 0.160. The molecule has 1 aromatic heterocycles. The molecule has 6 aromatic carbocycles. The third-order valence-corrected chi connectivity index (χ3v) is 11.5. The Morgan fingerprint density at radius 1 is 0.623 bits per heavy atom. The summed E-state index contributed by atoms with van der Waals surface area (Å²) in [5.41, 5.74) is 0.495. The molecule has 0 saturated carbocycles. The highest BCUT2D eigenvalue weighted by molar-refractivity contribution is 7.86. The summed E-state index contributed by atoms with van der Waals surface area (Å²) in [6.07, 6.45) is -1.73. The number of benzene rings is 6. The van der Waals surface area contributed by atoms with E-state index in [2.05, 4.69) is 11.6 Å².